The van der Waals surface area contributed by atoms with Gasteiger partial charge in [0.05, 0.1) is 6.61 Å². The molecule has 2 nitrogen and oxygen atoms in total. The van der Waals surface area contributed by atoms with Crippen LogP contribution in [0.2, 0.25) is 0 Å². The fourth-order valence-corrected chi connectivity index (χ4v) is 5.24. The van der Waals surface area contributed by atoms with Gasteiger partial charge >= 0.3 is 0 Å². The first-order valence-corrected chi connectivity index (χ1v) is 8.86. The van der Waals surface area contributed by atoms with Crippen LogP contribution in [-0.2, 0) is 0 Å². The van der Waals surface area contributed by atoms with Crippen LogP contribution in [0.4, 0.5) is 0 Å². The van der Waals surface area contributed by atoms with Gasteiger partial charge in [-0.25, -0.2) is 0 Å². The first-order chi connectivity index (χ1) is 9.11. The fourth-order valence-electron chi connectivity index (χ4n) is 2.19. The van der Waals surface area contributed by atoms with E-state index in [-0.39, 0.29) is 6.04 Å². The second kappa shape index (κ2) is 6.91. The molecule has 0 saturated carbocycles. The molecule has 106 valence electrons. The minimum Gasteiger partial charge on any atom is -0.494 e. The highest BCUT2D eigenvalue weighted by molar-refractivity contribution is 8.07. The molecule has 1 heterocycles. The number of ether oxygens (including phenoxy) is 1. The van der Waals surface area contributed by atoms with E-state index in [0.717, 1.165) is 16.8 Å². The van der Waals surface area contributed by atoms with E-state index in [1.807, 2.05) is 42.6 Å². The summed E-state index contributed by atoms with van der Waals surface area (Å²) in [6.07, 6.45) is 0. The summed E-state index contributed by atoms with van der Waals surface area (Å²) in [5, 5.41) is 1.89. The van der Waals surface area contributed by atoms with Crippen LogP contribution < -0.4 is 10.5 Å². The predicted molar refractivity (Wildman–Crippen MR) is 87.3 cm³/mol. The molecule has 4 unspecified atom stereocenters. The molecule has 0 amide bonds. The van der Waals surface area contributed by atoms with Crippen molar-refractivity contribution in [3.8, 4) is 5.75 Å². The van der Waals surface area contributed by atoms with E-state index in [2.05, 4.69) is 26.0 Å². The van der Waals surface area contributed by atoms with E-state index < -0.39 is 0 Å². The second-order valence-corrected chi connectivity index (χ2v) is 7.98. The highest BCUT2D eigenvalue weighted by atomic mass is 32.2. The molecule has 1 aromatic rings. The summed E-state index contributed by atoms with van der Waals surface area (Å²) >= 11 is 4.07. The Hall–Kier alpha value is -0.320. The molecule has 4 heteroatoms. The topological polar surface area (TPSA) is 35.2 Å². The van der Waals surface area contributed by atoms with Crippen molar-refractivity contribution in [2.45, 2.75) is 42.6 Å². The van der Waals surface area contributed by atoms with Crippen molar-refractivity contribution in [2.24, 2.45) is 5.73 Å². The van der Waals surface area contributed by atoms with Crippen molar-refractivity contribution in [1.82, 2.24) is 0 Å². The van der Waals surface area contributed by atoms with Gasteiger partial charge < -0.3 is 10.5 Å². The summed E-state index contributed by atoms with van der Waals surface area (Å²) in [7, 11) is 0. The maximum absolute atomic E-state index is 6.45. The zero-order valence-corrected chi connectivity index (χ0v) is 13.5. The Bertz CT molecular complexity index is 413. The van der Waals surface area contributed by atoms with E-state index >= 15 is 0 Å². The maximum atomic E-state index is 6.45. The van der Waals surface area contributed by atoms with Gasteiger partial charge in [0, 0.05) is 27.5 Å². The van der Waals surface area contributed by atoms with Crippen molar-refractivity contribution in [2.75, 3.05) is 12.4 Å². The van der Waals surface area contributed by atoms with Crippen molar-refractivity contribution in [1.29, 1.82) is 0 Å². The maximum Gasteiger partial charge on any atom is 0.119 e. The van der Waals surface area contributed by atoms with Crippen LogP contribution in [0.3, 0.4) is 0 Å². The van der Waals surface area contributed by atoms with Crippen molar-refractivity contribution in [3.63, 3.8) is 0 Å². The molecule has 1 fully saturated rings. The molecule has 2 rings (SSSR count). The van der Waals surface area contributed by atoms with E-state index in [4.69, 9.17) is 10.5 Å². The Morgan fingerprint density at radius 2 is 2.16 bits per heavy atom. The van der Waals surface area contributed by atoms with Crippen LogP contribution in [-0.4, -0.2) is 28.1 Å². The summed E-state index contributed by atoms with van der Waals surface area (Å²) in [6.45, 7) is 7.31. The first kappa shape index (κ1) is 15.1. The third kappa shape index (κ3) is 3.83. The van der Waals surface area contributed by atoms with Crippen LogP contribution in [0.25, 0.3) is 0 Å². The van der Waals surface area contributed by atoms with E-state index in [0.29, 0.717) is 17.1 Å². The van der Waals surface area contributed by atoms with Crippen molar-refractivity contribution < 1.29 is 4.74 Å². The number of hydrogen-bond acceptors (Lipinski definition) is 4. The lowest BCUT2D eigenvalue weighted by molar-refractivity contribution is 0.339. The molecule has 1 aliphatic rings. The Balaban J connectivity index is 2.06. The Labute approximate surface area is 124 Å². The minimum atomic E-state index is 0.0906. The predicted octanol–water partition coefficient (Wildman–Crippen LogP) is 3.71. The standard InChI is InChI=1S/C15H23NOS2/c1-4-17-13-7-5-6-12(8-13)15(16)14-9-18-10(2)11(3)19-14/h5-8,10-11,14-15H,4,9,16H2,1-3H3. The van der Waals surface area contributed by atoms with Gasteiger partial charge in [-0.05, 0) is 24.6 Å². The average Bonchev–Trinajstić information content (AvgIpc) is 2.42. The zero-order chi connectivity index (χ0) is 13.8. The van der Waals surface area contributed by atoms with Gasteiger partial charge in [-0.3, -0.25) is 0 Å². The molecular formula is C15H23NOS2. The van der Waals surface area contributed by atoms with Gasteiger partial charge in [0.15, 0.2) is 0 Å². The summed E-state index contributed by atoms with van der Waals surface area (Å²) in [4.78, 5) is 0. The fraction of sp³-hybridized carbons (Fsp3) is 0.600. The summed E-state index contributed by atoms with van der Waals surface area (Å²) in [5.74, 6) is 2.06. The molecule has 19 heavy (non-hydrogen) atoms. The van der Waals surface area contributed by atoms with E-state index in [1.54, 1.807) is 0 Å². The summed E-state index contributed by atoms with van der Waals surface area (Å²) in [6, 6.07) is 8.32. The summed E-state index contributed by atoms with van der Waals surface area (Å²) < 4.78 is 5.55. The monoisotopic (exact) mass is 297 g/mol. The molecule has 2 N–H and O–H groups in total. The van der Waals surface area contributed by atoms with Gasteiger partial charge in [-0.2, -0.15) is 23.5 Å². The highest BCUT2D eigenvalue weighted by Crippen LogP contribution is 2.40. The number of hydrogen-bond donors (Lipinski definition) is 1. The van der Waals surface area contributed by atoms with E-state index in [9.17, 15) is 0 Å². The molecule has 0 aliphatic carbocycles. The van der Waals surface area contributed by atoms with Gasteiger partial charge in [0.1, 0.15) is 5.75 Å². The highest BCUT2D eigenvalue weighted by Gasteiger charge is 2.30. The number of rotatable bonds is 4. The summed E-state index contributed by atoms with van der Waals surface area (Å²) in [5.41, 5.74) is 7.64. The van der Waals surface area contributed by atoms with Crippen LogP contribution in [0.15, 0.2) is 24.3 Å². The first-order valence-electron chi connectivity index (χ1n) is 6.87. The second-order valence-electron chi connectivity index (χ2n) is 4.95. The molecule has 4 atom stereocenters. The van der Waals surface area contributed by atoms with Crippen LogP contribution in [0.5, 0.6) is 5.75 Å². The average molecular weight is 297 g/mol. The SMILES string of the molecule is CCOc1cccc(C(N)C2CSC(C)C(C)S2)c1. The third-order valence-corrected chi connectivity index (χ3v) is 7.04. The van der Waals surface area contributed by atoms with Gasteiger partial charge in [-0.15, -0.1) is 0 Å². The van der Waals surface area contributed by atoms with Gasteiger partial charge in [0.25, 0.3) is 0 Å². The van der Waals surface area contributed by atoms with Gasteiger partial charge in [-0.1, -0.05) is 26.0 Å². The lowest BCUT2D eigenvalue weighted by Gasteiger charge is -2.34. The van der Waals surface area contributed by atoms with Crippen molar-refractivity contribution >= 4 is 23.5 Å². The molecule has 0 aromatic heterocycles. The normalized spacial score (nSPS) is 28.9. The lowest BCUT2D eigenvalue weighted by Crippen LogP contribution is -2.34. The number of benzene rings is 1. The molecule has 1 saturated heterocycles. The minimum absolute atomic E-state index is 0.0906. The van der Waals surface area contributed by atoms with Crippen LogP contribution >= 0.6 is 23.5 Å². The smallest absolute Gasteiger partial charge is 0.119 e. The number of nitrogens with two attached hydrogens (primary N) is 1. The van der Waals surface area contributed by atoms with Crippen molar-refractivity contribution in [3.05, 3.63) is 29.8 Å². The molecule has 0 spiro atoms. The Morgan fingerprint density at radius 3 is 2.84 bits per heavy atom. The Morgan fingerprint density at radius 1 is 1.37 bits per heavy atom. The third-order valence-electron chi connectivity index (χ3n) is 3.53. The van der Waals surface area contributed by atoms with Gasteiger partial charge in [0.2, 0.25) is 0 Å². The largest absolute Gasteiger partial charge is 0.494 e. The molecule has 0 radical (unpaired) electrons. The molecule has 1 aliphatic heterocycles. The number of thioether (sulfide) groups is 2. The van der Waals surface area contributed by atoms with Crippen LogP contribution in [0.1, 0.15) is 32.4 Å². The molecule has 1 aromatic carbocycles. The molecular weight excluding hydrogens is 274 g/mol. The zero-order valence-electron chi connectivity index (χ0n) is 11.8. The lowest BCUT2D eigenvalue weighted by atomic mass is 10.0. The van der Waals surface area contributed by atoms with Crippen LogP contribution in [0, 0.1) is 0 Å². The Kier molecular flexibility index (Phi) is 5.48. The van der Waals surface area contributed by atoms with E-state index in [1.165, 1.54) is 5.56 Å². The molecule has 0 bridgehead atoms. The quantitative estimate of drug-likeness (QED) is 0.919.